The third kappa shape index (κ3) is 3.36. The summed E-state index contributed by atoms with van der Waals surface area (Å²) in [6, 6.07) is 1.74. The van der Waals surface area contributed by atoms with Crippen LogP contribution in [0.5, 0.6) is 0 Å². The van der Waals surface area contributed by atoms with Gasteiger partial charge in [-0.1, -0.05) is 13.8 Å². The van der Waals surface area contributed by atoms with Crippen LogP contribution in [0, 0.1) is 19.3 Å². The van der Waals surface area contributed by atoms with Crippen LogP contribution in [-0.4, -0.2) is 44.1 Å². The van der Waals surface area contributed by atoms with Gasteiger partial charge in [0.1, 0.15) is 5.69 Å². The molecule has 0 saturated heterocycles. The van der Waals surface area contributed by atoms with Crippen molar-refractivity contribution in [2.45, 2.75) is 40.5 Å². The van der Waals surface area contributed by atoms with Crippen molar-refractivity contribution in [1.29, 1.82) is 0 Å². The van der Waals surface area contributed by atoms with E-state index in [1.807, 2.05) is 34.7 Å². The second-order valence-electron chi connectivity index (χ2n) is 6.38. The van der Waals surface area contributed by atoms with Gasteiger partial charge >= 0.3 is 0 Å². The zero-order valence-electron chi connectivity index (χ0n) is 15.1. The van der Waals surface area contributed by atoms with Gasteiger partial charge in [0.15, 0.2) is 0 Å². The van der Waals surface area contributed by atoms with E-state index in [-0.39, 0.29) is 17.9 Å². The molecule has 0 aliphatic carbocycles. The average Bonchev–Trinajstić information content (AvgIpc) is 3.14. The minimum Gasteiger partial charge on any atom is -0.396 e. The van der Waals surface area contributed by atoms with Crippen molar-refractivity contribution in [2.24, 2.45) is 12.5 Å². The first-order valence-electron chi connectivity index (χ1n) is 8.32. The highest BCUT2D eigenvalue weighted by Crippen LogP contribution is 2.26. The van der Waals surface area contributed by atoms with Gasteiger partial charge in [-0.25, -0.2) is 0 Å². The second kappa shape index (κ2) is 7.17. The molecular formula is C17H27N5O2. The highest BCUT2D eigenvalue weighted by atomic mass is 16.3. The molecule has 0 fully saturated rings. The third-order valence-corrected chi connectivity index (χ3v) is 5.05. The molecule has 24 heavy (non-hydrogen) atoms. The van der Waals surface area contributed by atoms with E-state index in [1.54, 1.807) is 10.7 Å². The maximum atomic E-state index is 12.4. The van der Waals surface area contributed by atoms with Gasteiger partial charge in [0, 0.05) is 30.3 Å². The largest absolute Gasteiger partial charge is 0.396 e. The molecule has 2 aromatic heterocycles. The first-order valence-corrected chi connectivity index (χ1v) is 8.32. The molecule has 0 aliphatic rings. The number of carbonyl (C=O) groups excluding carboxylic acids is 1. The number of aliphatic hydroxyl groups is 1. The van der Waals surface area contributed by atoms with Gasteiger partial charge in [-0.15, -0.1) is 0 Å². The highest BCUT2D eigenvalue weighted by Gasteiger charge is 2.26. The fraction of sp³-hybridized carbons (Fsp3) is 0.588. The summed E-state index contributed by atoms with van der Waals surface area (Å²) >= 11 is 0. The van der Waals surface area contributed by atoms with Crippen molar-refractivity contribution >= 4 is 5.91 Å². The van der Waals surface area contributed by atoms with Crippen molar-refractivity contribution in [3.63, 3.8) is 0 Å². The smallest absolute Gasteiger partial charge is 0.269 e. The summed E-state index contributed by atoms with van der Waals surface area (Å²) in [5, 5.41) is 23.9. The van der Waals surface area contributed by atoms with E-state index >= 15 is 0 Å². The Labute approximate surface area is 142 Å². The molecule has 7 heteroatoms. The Hall–Kier alpha value is -2.15. The lowest BCUT2D eigenvalue weighted by molar-refractivity contribution is 0.0847. The Morgan fingerprint density at radius 2 is 2.04 bits per heavy atom. The molecule has 0 bridgehead atoms. The number of H-pyrrole nitrogens is 1. The molecule has 7 nitrogen and oxygen atoms in total. The Bertz CT molecular complexity index is 704. The number of aliphatic hydroxyl groups excluding tert-OH is 1. The number of carbonyl (C=O) groups is 1. The van der Waals surface area contributed by atoms with Crippen molar-refractivity contribution in [1.82, 2.24) is 25.3 Å². The monoisotopic (exact) mass is 333 g/mol. The first-order chi connectivity index (χ1) is 11.4. The summed E-state index contributed by atoms with van der Waals surface area (Å²) in [6.45, 7) is 8.44. The maximum Gasteiger partial charge on any atom is 0.269 e. The lowest BCUT2D eigenvalue weighted by atomic mass is 9.83. The topological polar surface area (TPSA) is 95.8 Å². The molecule has 0 atom stereocenters. The van der Waals surface area contributed by atoms with Gasteiger partial charge in [-0.05, 0) is 32.8 Å². The Balaban J connectivity index is 2.14. The predicted molar refractivity (Wildman–Crippen MR) is 92.7 cm³/mol. The second-order valence-corrected chi connectivity index (χ2v) is 6.38. The van der Waals surface area contributed by atoms with Gasteiger partial charge < -0.3 is 10.4 Å². The standard InChI is InChI=1S/C17H27N5O2/c1-6-17(7-2,10-23)9-18-16(24)14-8-13(19-20-14)15-11(3)21-22(5)12(15)4/h8,23H,6-7,9-10H2,1-5H3,(H,18,24)(H,19,20). The Kier molecular flexibility index (Phi) is 5.43. The van der Waals surface area contributed by atoms with Gasteiger partial charge in [-0.2, -0.15) is 10.2 Å². The fourth-order valence-electron chi connectivity index (χ4n) is 2.85. The minimum absolute atomic E-state index is 0.0581. The molecule has 2 rings (SSSR count). The summed E-state index contributed by atoms with van der Waals surface area (Å²) in [6.07, 6.45) is 1.62. The number of nitrogens with one attached hydrogen (secondary N) is 2. The summed E-state index contributed by atoms with van der Waals surface area (Å²) in [5.41, 5.74) is 3.68. The number of aromatic amines is 1. The molecule has 0 aromatic carbocycles. The summed E-state index contributed by atoms with van der Waals surface area (Å²) in [7, 11) is 1.89. The predicted octanol–water partition coefficient (Wildman–Crippen LogP) is 1.96. The van der Waals surface area contributed by atoms with Crippen LogP contribution >= 0.6 is 0 Å². The van der Waals surface area contributed by atoms with Gasteiger partial charge in [0.25, 0.3) is 5.91 Å². The van der Waals surface area contributed by atoms with E-state index in [0.717, 1.165) is 29.8 Å². The molecule has 0 spiro atoms. The highest BCUT2D eigenvalue weighted by molar-refractivity contribution is 5.93. The van der Waals surface area contributed by atoms with Gasteiger partial charge in [0.2, 0.25) is 0 Å². The van der Waals surface area contributed by atoms with Crippen molar-refractivity contribution in [2.75, 3.05) is 13.2 Å². The summed E-state index contributed by atoms with van der Waals surface area (Å²) < 4.78 is 1.80. The van der Waals surface area contributed by atoms with Crippen LogP contribution in [0.4, 0.5) is 0 Å². The molecule has 3 N–H and O–H groups in total. The normalized spacial score (nSPS) is 11.8. The molecule has 0 saturated carbocycles. The van der Waals surface area contributed by atoms with Crippen LogP contribution < -0.4 is 5.32 Å². The van der Waals surface area contributed by atoms with E-state index < -0.39 is 0 Å². The third-order valence-electron chi connectivity index (χ3n) is 5.05. The molecule has 0 aliphatic heterocycles. The molecular weight excluding hydrogens is 306 g/mol. The van der Waals surface area contributed by atoms with E-state index in [9.17, 15) is 9.90 Å². The SMILES string of the molecule is CCC(CC)(CO)CNC(=O)c1cc(-c2c(C)nn(C)c2C)n[nH]1. The minimum atomic E-state index is -0.269. The van der Waals surface area contributed by atoms with Crippen molar-refractivity contribution in [3.05, 3.63) is 23.1 Å². The molecule has 2 heterocycles. The lowest BCUT2D eigenvalue weighted by Gasteiger charge is -2.29. The van der Waals surface area contributed by atoms with Crippen molar-refractivity contribution in [3.8, 4) is 11.3 Å². The molecule has 0 radical (unpaired) electrons. The van der Waals surface area contributed by atoms with E-state index in [2.05, 4.69) is 20.6 Å². The number of rotatable bonds is 7. The zero-order chi connectivity index (χ0) is 17.9. The number of aryl methyl sites for hydroxylation is 2. The van der Waals surface area contributed by atoms with Crippen LogP contribution in [0.15, 0.2) is 6.07 Å². The van der Waals surface area contributed by atoms with Crippen LogP contribution in [0.25, 0.3) is 11.3 Å². The molecule has 132 valence electrons. The fourth-order valence-corrected chi connectivity index (χ4v) is 2.85. The number of nitrogens with zero attached hydrogens (tertiary/aromatic N) is 3. The average molecular weight is 333 g/mol. The number of aromatic nitrogens is 4. The van der Waals surface area contributed by atoms with Gasteiger partial charge in [-0.3, -0.25) is 14.6 Å². The Morgan fingerprint density at radius 3 is 2.54 bits per heavy atom. The molecule has 0 unspecified atom stereocenters. The molecule has 2 aromatic rings. The maximum absolute atomic E-state index is 12.4. The zero-order valence-corrected chi connectivity index (χ0v) is 15.1. The quantitative estimate of drug-likeness (QED) is 0.721. The van der Waals surface area contributed by atoms with Crippen molar-refractivity contribution < 1.29 is 9.90 Å². The Morgan fingerprint density at radius 1 is 1.38 bits per heavy atom. The van der Waals surface area contributed by atoms with E-state index in [0.29, 0.717) is 17.9 Å². The van der Waals surface area contributed by atoms with Crippen LogP contribution in [0.3, 0.4) is 0 Å². The first kappa shape index (κ1) is 18.2. The van der Waals surface area contributed by atoms with Crippen LogP contribution in [0.1, 0.15) is 48.6 Å². The van der Waals surface area contributed by atoms with Crippen LogP contribution in [-0.2, 0) is 7.05 Å². The lowest BCUT2D eigenvalue weighted by Crippen LogP contribution is -2.39. The van der Waals surface area contributed by atoms with Gasteiger partial charge in [0.05, 0.1) is 18.0 Å². The van der Waals surface area contributed by atoms with Crippen LogP contribution in [0.2, 0.25) is 0 Å². The molecule has 1 amide bonds. The number of hydrogen-bond acceptors (Lipinski definition) is 4. The van der Waals surface area contributed by atoms with E-state index in [4.69, 9.17) is 0 Å². The number of amides is 1. The number of hydrogen-bond donors (Lipinski definition) is 3. The summed E-state index contributed by atoms with van der Waals surface area (Å²) in [4.78, 5) is 12.4. The van der Waals surface area contributed by atoms with E-state index in [1.165, 1.54) is 0 Å². The summed E-state index contributed by atoms with van der Waals surface area (Å²) in [5.74, 6) is -0.215.